The van der Waals surface area contributed by atoms with Gasteiger partial charge in [0.1, 0.15) is 0 Å². The molecule has 0 aliphatic rings. The van der Waals surface area contributed by atoms with Gasteiger partial charge in [0.25, 0.3) is 0 Å². The molecule has 22 heavy (non-hydrogen) atoms. The lowest BCUT2D eigenvalue weighted by molar-refractivity contribution is -0.120. The molecule has 3 N–H and O–H groups in total. The molecule has 0 radical (unpaired) electrons. The Morgan fingerprint density at radius 2 is 2.18 bits per heavy atom. The second kappa shape index (κ2) is 7.21. The van der Waals surface area contributed by atoms with Crippen LogP contribution in [0, 0.1) is 0 Å². The smallest absolute Gasteiger partial charge is 0.233 e. The molecule has 0 aliphatic heterocycles. The van der Waals surface area contributed by atoms with Gasteiger partial charge in [0.2, 0.25) is 11.1 Å². The Morgan fingerprint density at radius 1 is 1.45 bits per heavy atom. The highest BCUT2D eigenvalue weighted by atomic mass is 35.5. The number of nitrogens with two attached hydrogens (primary N) is 1. The van der Waals surface area contributed by atoms with E-state index in [2.05, 4.69) is 15.5 Å². The standard InChI is InChI=1S/C13H15Cl2N5OS/c1-3-17-12(21)7(2)22-13-19-18-11(20(13)16)9-6-8(14)4-5-10(9)15/h4-7H,3,16H2,1-2H3,(H,17,21)/t7-/m0/s1. The molecular weight excluding hydrogens is 345 g/mol. The minimum Gasteiger partial charge on any atom is -0.355 e. The number of nitrogens with one attached hydrogen (secondary N) is 1. The van der Waals surface area contributed by atoms with Gasteiger partial charge in [-0.1, -0.05) is 35.0 Å². The molecule has 1 heterocycles. The summed E-state index contributed by atoms with van der Waals surface area (Å²) in [6, 6.07) is 5.01. The van der Waals surface area contributed by atoms with Crippen LogP contribution in [0.5, 0.6) is 0 Å². The van der Waals surface area contributed by atoms with Gasteiger partial charge >= 0.3 is 0 Å². The number of rotatable bonds is 5. The fraction of sp³-hybridized carbons (Fsp3) is 0.308. The van der Waals surface area contributed by atoms with E-state index < -0.39 is 0 Å². The Labute approximate surface area is 142 Å². The van der Waals surface area contributed by atoms with E-state index >= 15 is 0 Å². The average molecular weight is 360 g/mol. The quantitative estimate of drug-likeness (QED) is 0.632. The maximum atomic E-state index is 11.8. The molecule has 9 heteroatoms. The van der Waals surface area contributed by atoms with E-state index in [1.807, 2.05) is 6.92 Å². The Morgan fingerprint density at radius 3 is 2.86 bits per heavy atom. The van der Waals surface area contributed by atoms with Gasteiger partial charge in [0, 0.05) is 17.1 Å². The van der Waals surface area contributed by atoms with E-state index in [9.17, 15) is 4.79 Å². The molecule has 6 nitrogen and oxygen atoms in total. The maximum absolute atomic E-state index is 11.8. The molecule has 1 atom stereocenters. The van der Waals surface area contributed by atoms with Crippen LogP contribution >= 0.6 is 35.0 Å². The zero-order valence-electron chi connectivity index (χ0n) is 12.0. The molecule has 0 saturated heterocycles. The Hall–Kier alpha value is -1.44. The highest BCUT2D eigenvalue weighted by Gasteiger charge is 2.20. The number of amides is 1. The van der Waals surface area contributed by atoms with Crippen molar-refractivity contribution in [1.82, 2.24) is 20.2 Å². The highest BCUT2D eigenvalue weighted by molar-refractivity contribution is 8.00. The predicted molar refractivity (Wildman–Crippen MR) is 89.6 cm³/mol. The predicted octanol–water partition coefficient (Wildman–Crippen LogP) is 2.58. The highest BCUT2D eigenvalue weighted by Crippen LogP contribution is 2.31. The van der Waals surface area contributed by atoms with Gasteiger partial charge in [-0.2, -0.15) is 0 Å². The second-order valence-electron chi connectivity index (χ2n) is 4.46. The molecule has 1 aromatic heterocycles. The van der Waals surface area contributed by atoms with E-state index in [1.54, 1.807) is 25.1 Å². The van der Waals surface area contributed by atoms with E-state index in [0.29, 0.717) is 33.1 Å². The maximum Gasteiger partial charge on any atom is 0.233 e. The first-order chi connectivity index (χ1) is 10.4. The molecule has 2 rings (SSSR count). The number of aromatic nitrogens is 3. The largest absolute Gasteiger partial charge is 0.355 e. The van der Waals surface area contributed by atoms with Crippen LogP contribution in [0.3, 0.4) is 0 Å². The van der Waals surface area contributed by atoms with Crippen molar-refractivity contribution >= 4 is 40.9 Å². The van der Waals surface area contributed by atoms with Crippen molar-refractivity contribution in [1.29, 1.82) is 0 Å². The summed E-state index contributed by atoms with van der Waals surface area (Å²) in [5.74, 6) is 6.32. The van der Waals surface area contributed by atoms with Gasteiger partial charge in [0.15, 0.2) is 5.82 Å². The molecule has 1 aromatic carbocycles. The van der Waals surface area contributed by atoms with Gasteiger partial charge in [-0.15, -0.1) is 10.2 Å². The number of hydrogen-bond acceptors (Lipinski definition) is 5. The van der Waals surface area contributed by atoms with Crippen LogP contribution < -0.4 is 11.2 Å². The van der Waals surface area contributed by atoms with E-state index in [0.717, 1.165) is 0 Å². The fourth-order valence-corrected chi connectivity index (χ4v) is 2.91. The Balaban J connectivity index is 2.26. The van der Waals surface area contributed by atoms with Crippen LogP contribution in [0.15, 0.2) is 23.4 Å². The molecule has 118 valence electrons. The van der Waals surface area contributed by atoms with Crippen molar-refractivity contribution in [2.24, 2.45) is 0 Å². The summed E-state index contributed by atoms with van der Waals surface area (Å²) in [5, 5.41) is 11.9. The van der Waals surface area contributed by atoms with Crippen molar-refractivity contribution < 1.29 is 4.79 Å². The van der Waals surface area contributed by atoms with Crippen molar-refractivity contribution in [2.45, 2.75) is 24.3 Å². The van der Waals surface area contributed by atoms with Crippen LogP contribution in [0.2, 0.25) is 10.0 Å². The molecular formula is C13H15Cl2N5OS. The SMILES string of the molecule is CCNC(=O)[C@H](C)Sc1nnc(-c2cc(Cl)ccc2Cl)n1N. The summed E-state index contributed by atoms with van der Waals surface area (Å²) in [7, 11) is 0. The van der Waals surface area contributed by atoms with Crippen molar-refractivity contribution in [2.75, 3.05) is 12.4 Å². The number of thioether (sulfide) groups is 1. The molecule has 2 aromatic rings. The number of nitrogen functional groups attached to an aromatic ring is 1. The monoisotopic (exact) mass is 359 g/mol. The van der Waals surface area contributed by atoms with Gasteiger partial charge in [0.05, 0.1) is 10.3 Å². The summed E-state index contributed by atoms with van der Waals surface area (Å²) in [5.41, 5.74) is 0.585. The second-order valence-corrected chi connectivity index (χ2v) is 6.61. The van der Waals surface area contributed by atoms with Crippen molar-refractivity contribution in [3.05, 3.63) is 28.2 Å². The van der Waals surface area contributed by atoms with Gasteiger partial charge < -0.3 is 11.2 Å². The van der Waals surface area contributed by atoms with E-state index in [4.69, 9.17) is 29.0 Å². The molecule has 0 spiro atoms. The lowest BCUT2D eigenvalue weighted by Crippen LogP contribution is -2.31. The molecule has 0 saturated carbocycles. The summed E-state index contributed by atoms with van der Waals surface area (Å²) >= 11 is 13.3. The normalized spacial score (nSPS) is 12.2. The first kappa shape index (κ1) is 16.9. The van der Waals surface area contributed by atoms with E-state index in [1.165, 1.54) is 16.4 Å². The zero-order chi connectivity index (χ0) is 16.3. The van der Waals surface area contributed by atoms with Gasteiger partial charge in [-0.25, -0.2) is 4.68 Å². The molecule has 0 aliphatic carbocycles. The summed E-state index contributed by atoms with van der Waals surface area (Å²) in [4.78, 5) is 11.8. The average Bonchev–Trinajstić information content (AvgIpc) is 2.83. The first-order valence-electron chi connectivity index (χ1n) is 6.54. The summed E-state index contributed by atoms with van der Waals surface area (Å²) in [6.07, 6.45) is 0. The van der Waals surface area contributed by atoms with Crippen LogP contribution in [-0.4, -0.2) is 32.6 Å². The molecule has 1 amide bonds. The summed E-state index contributed by atoms with van der Waals surface area (Å²) < 4.78 is 1.30. The summed E-state index contributed by atoms with van der Waals surface area (Å²) in [6.45, 7) is 4.21. The number of carbonyl (C=O) groups is 1. The van der Waals surface area contributed by atoms with Crippen LogP contribution in [0.4, 0.5) is 0 Å². The van der Waals surface area contributed by atoms with Crippen molar-refractivity contribution in [3.8, 4) is 11.4 Å². The minimum atomic E-state index is -0.339. The van der Waals surface area contributed by atoms with Crippen molar-refractivity contribution in [3.63, 3.8) is 0 Å². The van der Waals surface area contributed by atoms with Crippen LogP contribution in [0.25, 0.3) is 11.4 Å². The number of carbonyl (C=O) groups excluding carboxylic acids is 1. The number of nitrogens with zero attached hydrogens (tertiary/aromatic N) is 3. The number of benzene rings is 1. The van der Waals surface area contributed by atoms with Crippen LogP contribution in [-0.2, 0) is 4.79 Å². The van der Waals surface area contributed by atoms with Crippen LogP contribution in [0.1, 0.15) is 13.8 Å². The third-order valence-electron chi connectivity index (χ3n) is 2.84. The topological polar surface area (TPSA) is 85.8 Å². The van der Waals surface area contributed by atoms with Gasteiger partial charge in [-0.3, -0.25) is 4.79 Å². The Bertz CT molecular complexity index is 691. The van der Waals surface area contributed by atoms with E-state index in [-0.39, 0.29) is 11.2 Å². The third kappa shape index (κ3) is 3.66. The first-order valence-corrected chi connectivity index (χ1v) is 8.17. The fourth-order valence-electron chi connectivity index (χ4n) is 1.74. The van der Waals surface area contributed by atoms with Gasteiger partial charge in [-0.05, 0) is 32.0 Å². The lowest BCUT2D eigenvalue weighted by atomic mass is 10.2. The third-order valence-corrected chi connectivity index (χ3v) is 4.46. The zero-order valence-corrected chi connectivity index (χ0v) is 14.3. The molecule has 0 bridgehead atoms. The minimum absolute atomic E-state index is 0.0853. The molecule has 0 unspecified atom stereocenters. The lowest BCUT2D eigenvalue weighted by Gasteiger charge is -2.10. The number of hydrogen-bond donors (Lipinski definition) is 2. The molecule has 0 fully saturated rings. The Kier molecular flexibility index (Phi) is 5.55. The number of halogens is 2.